The quantitative estimate of drug-likeness (QED) is 0.904. The summed E-state index contributed by atoms with van der Waals surface area (Å²) >= 11 is 0. The Hall–Kier alpha value is -1.81. The molecule has 1 unspecified atom stereocenters. The van der Waals surface area contributed by atoms with Crippen molar-refractivity contribution in [2.45, 2.75) is 19.9 Å². The van der Waals surface area contributed by atoms with Crippen LogP contribution in [0.5, 0.6) is 0 Å². The molecule has 4 heteroatoms. The molecule has 2 rings (SSSR count). The lowest BCUT2D eigenvalue weighted by molar-refractivity contribution is 0.490. The van der Waals surface area contributed by atoms with Gasteiger partial charge in [0, 0.05) is 23.5 Å². The number of nitrogens with two attached hydrogens (primary N) is 1. The van der Waals surface area contributed by atoms with Gasteiger partial charge in [-0.05, 0) is 12.0 Å². The highest BCUT2D eigenvalue weighted by molar-refractivity contribution is 5.61. The molecule has 1 heterocycles. The molecule has 1 aromatic carbocycles. The topological polar surface area (TPSA) is 51.8 Å². The number of nitrogens with zero attached hydrogens (tertiary/aromatic N) is 2. The van der Waals surface area contributed by atoms with Gasteiger partial charge in [0.15, 0.2) is 0 Å². The molecule has 3 nitrogen and oxygen atoms in total. The fourth-order valence-corrected chi connectivity index (χ4v) is 1.64. The fourth-order valence-electron chi connectivity index (χ4n) is 1.64. The smallest absolute Gasteiger partial charge is 0.145 e. The van der Waals surface area contributed by atoms with E-state index < -0.39 is 0 Å². The first-order chi connectivity index (χ1) is 8.59. The summed E-state index contributed by atoms with van der Waals surface area (Å²) in [5.41, 5.74) is 7.12. The first-order valence-corrected chi connectivity index (χ1v) is 5.92. The van der Waals surface area contributed by atoms with Crippen molar-refractivity contribution >= 4 is 0 Å². The Kier molecular flexibility index (Phi) is 3.67. The van der Waals surface area contributed by atoms with Crippen molar-refractivity contribution in [2.24, 2.45) is 11.7 Å². The summed E-state index contributed by atoms with van der Waals surface area (Å²) in [7, 11) is 0. The highest BCUT2D eigenvalue weighted by atomic mass is 19.1. The summed E-state index contributed by atoms with van der Waals surface area (Å²) in [6, 6.07) is 6.37. The minimum absolute atomic E-state index is 0.195. The highest BCUT2D eigenvalue weighted by Gasteiger charge is 2.13. The Labute approximate surface area is 106 Å². The maximum absolute atomic E-state index is 13.6. The molecule has 94 valence electrons. The molecule has 0 saturated carbocycles. The molecule has 0 amide bonds. The standard InChI is InChI=1S/C14H16FN3/c1-9(2)13(16)14-17-7-10(8-18-14)11-5-3-4-6-12(11)15/h3-9,13H,16H2,1-2H3. The van der Waals surface area contributed by atoms with E-state index in [0.717, 1.165) is 0 Å². The van der Waals surface area contributed by atoms with Crippen LogP contribution in [0.2, 0.25) is 0 Å². The zero-order chi connectivity index (χ0) is 13.1. The van der Waals surface area contributed by atoms with E-state index in [1.165, 1.54) is 6.07 Å². The summed E-state index contributed by atoms with van der Waals surface area (Å²) < 4.78 is 13.6. The third kappa shape index (κ3) is 2.54. The van der Waals surface area contributed by atoms with E-state index in [0.29, 0.717) is 17.0 Å². The predicted molar refractivity (Wildman–Crippen MR) is 69.2 cm³/mol. The zero-order valence-electron chi connectivity index (χ0n) is 10.5. The van der Waals surface area contributed by atoms with Crippen LogP contribution < -0.4 is 5.73 Å². The Morgan fingerprint density at radius 3 is 2.28 bits per heavy atom. The van der Waals surface area contributed by atoms with Crippen LogP contribution >= 0.6 is 0 Å². The van der Waals surface area contributed by atoms with E-state index in [4.69, 9.17) is 5.73 Å². The lowest BCUT2D eigenvalue weighted by Gasteiger charge is -2.13. The average Bonchev–Trinajstić information content (AvgIpc) is 2.38. The van der Waals surface area contributed by atoms with Crippen molar-refractivity contribution < 1.29 is 4.39 Å². The number of rotatable bonds is 3. The number of hydrogen-bond donors (Lipinski definition) is 1. The second kappa shape index (κ2) is 5.23. The molecule has 0 fully saturated rings. The van der Waals surface area contributed by atoms with Crippen molar-refractivity contribution in [1.82, 2.24) is 9.97 Å². The third-order valence-corrected chi connectivity index (χ3v) is 2.87. The number of hydrogen-bond acceptors (Lipinski definition) is 3. The fraction of sp³-hybridized carbons (Fsp3) is 0.286. The Morgan fingerprint density at radius 2 is 1.72 bits per heavy atom. The maximum atomic E-state index is 13.6. The molecule has 0 aliphatic heterocycles. The number of aromatic nitrogens is 2. The van der Waals surface area contributed by atoms with Crippen LogP contribution in [0.3, 0.4) is 0 Å². The molecule has 0 aliphatic carbocycles. The first-order valence-electron chi connectivity index (χ1n) is 5.92. The molecule has 0 bridgehead atoms. The Bertz CT molecular complexity index is 523. The van der Waals surface area contributed by atoms with E-state index in [1.807, 2.05) is 13.8 Å². The highest BCUT2D eigenvalue weighted by Crippen LogP contribution is 2.22. The number of halogens is 1. The minimum Gasteiger partial charge on any atom is -0.321 e. The summed E-state index contributed by atoms with van der Waals surface area (Å²) in [6.07, 6.45) is 3.23. The van der Waals surface area contributed by atoms with Crippen LogP contribution in [0.1, 0.15) is 25.7 Å². The molecule has 1 atom stereocenters. The van der Waals surface area contributed by atoms with Gasteiger partial charge in [-0.1, -0.05) is 32.0 Å². The van der Waals surface area contributed by atoms with Crippen molar-refractivity contribution in [3.8, 4) is 11.1 Å². The van der Waals surface area contributed by atoms with Crippen LogP contribution in [0.25, 0.3) is 11.1 Å². The van der Waals surface area contributed by atoms with E-state index in [2.05, 4.69) is 9.97 Å². The largest absolute Gasteiger partial charge is 0.321 e. The van der Waals surface area contributed by atoms with Gasteiger partial charge >= 0.3 is 0 Å². The zero-order valence-corrected chi connectivity index (χ0v) is 10.5. The molecular weight excluding hydrogens is 229 g/mol. The SMILES string of the molecule is CC(C)C(N)c1ncc(-c2ccccc2F)cn1. The molecule has 0 spiro atoms. The first kappa shape index (κ1) is 12.6. The summed E-state index contributed by atoms with van der Waals surface area (Å²) in [4.78, 5) is 8.43. The number of benzene rings is 1. The van der Waals surface area contributed by atoms with Gasteiger partial charge < -0.3 is 5.73 Å². The normalized spacial score (nSPS) is 12.7. The van der Waals surface area contributed by atoms with Gasteiger partial charge in [0.25, 0.3) is 0 Å². The third-order valence-electron chi connectivity index (χ3n) is 2.87. The maximum Gasteiger partial charge on any atom is 0.145 e. The van der Waals surface area contributed by atoms with Gasteiger partial charge in [0.1, 0.15) is 11.6 Å². The van der Waals surface area contributed by atoms with Crippen molar-refractivity contribution in [1.29, 1.82) is 0 Å². The molecule has 0 aliphatic rings. The Morgan fingerprint density at radius 1 is 1.11 bits per heavy atom. The summed E-state index contributed by atoms with van der Waals surface area (Å²) in [5.74, 6) is 0.580. The van der Waals surface area contributed by atoms with Crippen LogP contribution in [-0.2, 0) is 0 Å². The molecule has 2 N–H and O–H groups in total. The van der Waals surface area contributed by atoms with Gasteiger partial charge in [0.2, 0.25) is 0 Å². The van der Waals surface area contributed by atoms with Gasteiger partial charge in [0.05, 0.1) is 6.04 Å². The van der Waals surface area contributed by atoms with E-state index in [-0.39, 0.29) is 17.8 Å². The average molecular weight is 245 g/mol. The lowest BCUT2D eigenvalue weighted by atomic mass is 10.0. The summed E-state index contributed by atoms with van der Waals surface area (Å²) in [5, 5.41) is 0. The van der Waals surface area contributed by atoms with Gasteiger partial charge in [-0.2, -0.15) is 0 Å². The monoisotopic (exact) mass is 245 g/mol. The van der Waals surface area contributed by atoms with Gasteiger partial charge in [-0.3, -0.25) is 0 Å². The second-order valence-corrected chi connectivity index (χ2v) is 4.58. The molecule has 1 aromatic heterocycles. The van der Waals surface area contributed by atoms with Crippen molar-refractivity contribution in [3.63, 3.8) is 0 Å². The van der Waals surface area contributed by atoms with Crippen LogP contribution in [-0.4, -0.2) is 9.97 Å². The molecule has 2 aromatic rings. The minimum atomic E-state index is -0.276. The van der Waals surface area contributed by atoms with Gasteiger partial charge in [-0.15, -0.1) is 0 Å². The van der Waals surface area contributed by atoms with Crippen molar-refractivity contribution in [3.05, 3.63) is 48.3 Å². The Balaban J connectivity index is 2.31. The van der Waals surface area contributed by atoms with Crippen LogP contribution in [0.15, 0.2) is 36.7 Å². The summed E-state index contributed by atoms with van der Waals surface area (Å²) in [6.45, 7) is 4.03. The van der Waals surface area contributed by atoms with Crippen LogP contribution in [0.4, 0.5) is 4.39 Å². The van der Waals surface area contributed by atoms with Crippen molar-refractivity contribution in [2.75, 3.05) is 0 Å². The molecular formula is C14H16FN3. The predicted octanol–water partition coefficient (Wildman–Crippen LogP) is 2.94. The van der Waals surface area contributed by atoms with Crippen LogP contribution in [0, 0.1) is 11.7 Å². The van der Waals surface area contributed by atoms with Gasteiger partial charge in [-0.25, -0.2) is 14.4 Å². The lowest BCUT2D eigenvalue weighted by Crippen LogP contribution is -2.19. The molecule has 0 radical (unpaired) electrons. The molecule has 0 saturated heterocycles. The molecule has 18 heavy (non-hydrogen) atoms. The second-order valence-electron chi connectivity index (χ2n) is 4.58. The van der Waals surface area contributed by atoms with E-state index in [9.17, 15) is 4.39 Å². The van der Waals surface area contributed by atoms with E-state index >= 15 is 0 Å². The van der Waals surface area contributed by atoms with E-state index in [1.54, 1.807) is 30.6 Å².